The molecule has 2 aliphatic rings. The third kappa shape index (κ3) is 2.69. The Bertz CT molecular complexity index is 215. The van der Waals surface area contributed by atoms with Crippen LogP contribution in [0.4, 0.5) is 0 Å². The lowest BCUT2D eigenvalue weighted by atomic mass is 9.96. The summed E-state index contributed by atoms with van der Waals surface area (Å²) >= 11 is 4.05. The molecule has 3 heteroatoms. The van der Waals surface area contributed by atoms with E-state index < -0.39 is 0 Å². The molecule has 0 radical (unpaired) electrons. The molecule has 0 aromatic rings. The second-order valence-corrected chi connectivity index (χ2v) is 6.68. The van der Waals surface area contributed by atoms with Crippen molar-refractivity contribution in [1.82, 2.24) is 0 Å². The van der Waals surface area contributed by atoms with Crippen LogP contribution in [0.5, 0.6) is 0 Å². The normalized spacial score (nSPS) is 31.4. The number of nitrogens with zero attached hydrogens (tertiary/aromatic N) is 1. The van der Waals surface area contributed by atoms with Gasteiger partial charge in [-0.2, -0.15) is 0 Å². The molecular formula is C11H19NS2. The topological polar surface area (TPSA) is 12.4 Å². The fourth-order valence-corrected chi connectivity index (χ4v) is 4.84. The molecule has 2 atom stereocenters. The Labute approximate surface area is 95.5 Å². The first kappa shape index (κ1) is 10.9. The molecule has 0 bridgehead atoms. The van der Waals surface area contributed by atoms with Gasteiger partial charge in [0.1, 0.15) is 4.38 Å². The maximum atomic E-state index is 4.82. The van der Waals surface area contributed by atoms with E-state index in [0.29, 0.717) is 6.04 Å². The van der Waals surface area contributed by atoms with Crippen molar-refractivity contribution in [3.63, 3.8) is 0 Å². The van der Waals surface area contributed by atoms with Gasteiger partial charge in [0.25, 0.3) is 0 Å². The third-order valence-electron chi connectivity index (χ3n) is 2.91. The van der Waals surface area contributed by atoms with Gasteiger partial charge in [0.15, 0.2) is 0 Å². The van der Waals surface area contributed by atoms with Crippen LogP contribution in [0.25, 0.3) is 0 Å². The Morgan fingerprint density at radius 1 is 1.43 bits per heavy atom. The summed E-state index contributed by atoms with van der Waals surface area (Å²) < 4.78 is 1.38. The van der Waals surface area contributed by atoms with Gasteiger partial charge in [-0.3, -0.25) is 4.99 Å². The van der Waals surface area contributed by atoms with E-state index in [1.165, 1.54) is 48.7 Å². The zero-order valence-corrected chi connectivity index (χ0v) is 10.5. The number of rotatable bonds is 3. The number of fused-ring (bicyclic) bond motifs is 1. The van der Waals surface area contributed by atoms with Crippen LogP contribution in [0.3, 0.4) is 0 Å². The van der Waals surface area contributed by atoms with Crippen molar-refractivity contribution in [3.05, 3.63) is 0 Å². The van der Waals surface area contributed by atoms with Gasteiger partial charge in [-0.15, -0.1) is 0 Å². The van der Waals surface area contributed by atoms with Crippen LogP contribution in [0.1, 0.15) is 45.4 Å². The van der Waals surface area contributed by atoms with Crippen LogP contribution in [0, 0.1) is 0 Å². The highest BCUT2D eigenvalue weighted by Crippen LogP contribution is 2.40. The van der Waals surface area contributed by atoms with E-state index in [-0.39, 0.29) is 0 Å². The standard InChI is InChI=1S/C11H19NS2/c1-2-3-8-13-11-12-9-6-4-5-7-10(9)14-11/h9-10H,2-8H2,1H3. The smallest absolute Gasteiger partial charge is 0.125 e. The molecule has 2 unspecified atom stereocenters. The highest BCUT2D eigenvalue weighted by Gasteiger charge is 2.31. The summed E-state index contributed by atoms with van der Waals surface area (Å²) in [6.07, 6.45) is 8.21. The van der Waals surface area contributed by atoms with Crippen molar-refractivity contribution >= 4 is 27.9 Å². The molecule has 1 saturated carbocycles. The number of hydrogen-bond donors (Lipinski definition) is 0. The predicted molar refractivity (Wildman–Crippen MR) is 68.4 cm³/mol. The first-order chi connectivity index (χ1) is 6.90. The fraction of sp³-hybridized carbons (Fsp3) is 0.909. The molecule has 1 heterocycles. The maximum absolute atomic E-state index is 4.82. The summed E-state index contributed by atoms with van der Waals surface area (Å²) in [7, 11) is 0. The average Bonchev–Trinajstić information content (AvgIpc) is 2.60. The Morgan fingerprint density at radius 2 is 2.29 bits per heavy atom. The van der Waals surface area contributed by atoms with Crippen molar-refractivity contribution in [2.45, 2.75) is 56.7 Å². The van der Waals surface area contributed by atoms with Crippen molar-refractivity contribution < 1.29 is 0 Å². The lowest BCUT2D eigenvalue weighted by Crippen LogP contribution is -2.21. The van der Waals surface area contributed by atoms with Crippen molar-refractivity contribution in [2.75, 3.05) is 5.75 Å². The van der Waals surface area contributed by atoms with Crippen molar-refractivity contribution in [3.8, 4) is 0 Å². The lowest BCUT2D eigenvalue weighted by Gasteiger charge is -2.21. The molecule has 1 aliphatic carbocycles. The van der Waals surface area contributed by atoms with Crippen molar-refractivity contribution in [1.29, 1.82) is 0 Å². The highest BCUT2D eigenvalue weighted by molar-refractivity contribution is 8.39. The van der Waals surface area contributed by atoms with Crippen LogP contribution in [0.15, 0.2) is 4.99 Å². The van der Waals surface area contributed by atoms with Crippen LogP contribution >= 0.6 is 23.5 Å². The molecule has 0 saturated heterocycles. The predicted octanol–water partition coefficient (Wildman–Crippen LogP) is 3.93. The van der Waals surface area contributed by atoms with Crippen LogP contribution in [-0.4, -0.2) is 21.4 Å². The summed E-state index contributed by atoms with van der Waals surface area (Å²) in [4.78, 5) is 4.82. The zero-order valence-electron chi connectivity index (χ0n) is 8.87. The van der Waals surface area contributed by atoms with Gasteiger partial charge >= 0.3 is 0 Å². The molecule has 14 heavy (non-hydrogen) atoms. The highest BCUT2D eigenvalue weighted by atomic mass is 32.2. The Morgan fingerprint density at radius 3 is 3.07 bits per heavy atom. The van der Waals surface area contributed by atoms with Crippen molar-refractivity contribution in [2.24, 2.45) is 4.99 Å². The molecule has 0 aromatic carbocycles. The SMILES string of the molecule is CCCCSC1=NC2CCCCC2S1. The number of aliphatic imine (C=N–C) groups is 1. The molecule has 0 spiro atoms. The fourth-order valence-electron chi connectivity index (χ4n) is 2.03. The summed E-state index contributed by atoms with van der Waals surface area (Å²) in [5.41, 5.74) is 0. The molecule has 80 valence electrons. The number of unbranched alkanes of at least 4 members (excludes halogenated alkanes) is 1. The molecule has 2 rings (SSSR count). The van der Waals surface area contributed by atoms with E-state index in [1.807, 2.05) is 11.8 Å². The third-order valence-corrected chi connectivity index (χ3v) is 5.56. The summed E-state index contributed by atoms with van der Waals surface area (Å²) in [6.45, 7) is 2.25. The second-order valence-electron chi connectivity index (χ2n) is 4.11. The summed E-state index contributed by atoms with van der Waals surface area (Å²) in [6, 6.07) is 0.679. The van der Waals surface area contributed by atoms with E-state index >= 15 is 0 Å². The number of hydrogen-bond acceptors (Lipinski definition) is 3. The van der Waals surface area contributed by atoms with Gasteiger partial charge in [0.2, 0.25) is 0 Å². The molecule has 1 aliphatic heterocycles. The number of thioether (sulfide) groups is 2. The average molecular weight is 229 g/mol. The minimum atomic E-state index is 0.679. The molecule has 0 N–H and O–H groups in total. The van der Waals surface area contributed by atoms with E-state index in [4.69, 9.17) is 4.99 Å². The Kier molecular flexibility index (Phi) is 4.24. The maximum Gasteiger partial charge on any atom is 0.125 e. The van der Waals surface area contributed by atoms with Crippen LogP contribution < -0.4 is 0 Å². The van der Waals surface area contributed by atoms with E-state index in [2.05, 4.69) is 18.7 Å². The first-order valence-electron chi connectivity index (χ1n) is 5.77. The monoisotopic (exact) mass is 229 g/mol. The van der Waals surface area contributed by atoms with Gasteiger partial charge in [-0.25, -0.2) is 0 Å². The quantitative estimate of drug-likeness (QED) is 0.680. The molecule has 1 nitrogen and oxygen atoms in total. The van der Waals surface area contributed by atoms with Gasteiger partial charge in [0, 0.05) is 5.25 Å². The van der Waals surface area contributed by atoms with Gasteiger partial charge in [0.05, 0.1) is 6.04 Å². The summed E-state index contributed by atoms with van der Waals surface area (Å²) in [5, 5.41) is 0.841. The van der Waals surface area contributed by atoms with E-state index in [9.17, 15) is 0 Å². The van der Waals surface area contributed by atoms with Crippen LogP contribution in [-0.2, 0) is 0 Å². The molecule has 0 aromatic heterocycles. The Hall–Kier alpha value is 0.370. The largest absolute Gasteiger partial charge is 0.267 e. The van der Waals surface area contributed by atoms with Gasteiger partial charge in [-0.1, -0.05) is 49.7 Å². The summed E-state index contributed by atoms with van der Waals surface area (Å²) in [5.74, 6) is 1.27. The Balaban J connectivity index is 1.77. The van der Waals surface area contributed by atoms with Crippen LogP contribution in [0.2, 0.25) is 0 Å². The second kappa shape index (κ2) is 5.45. The van der Waals surface area contributed by atoms with Gasteiger partial charge < -0.3 is 0 Å². The molecule has 0 amide bonds. The van der Waals surface area contributed by atoms with E-state index in [0.717, 1.165) is 5.25 Å². The molecular weight excluding hydrogens is 210 g/mol. The first-order valence-corrected chi connectivity index (χ1v) is 7.64. The zero-order chi connectivity index (χ0) is 9.80. The molecule has 1 fully saturated rings. The minimum absolute atomic E-state index is 0.679. The van der Waals surface area contributed by atoms with Gasteiger partial charge in [-0.05, 0) is 25.0 Å². The van der Waals surface area contributed by atoms with E-state index in [1.54, 1.807) is 0 Å². The lowest BCUT2D eigenvalue weighted by molar-refractivity contribution is 0.462. The minimum Gasteiger partial charge on any atom is -0.267 e.